The van der Waals surface area contributed by atoms with Crippen LogP contribution in [0.1, 0.15) is 47.0 Å². The number of aromatic amines is 1. The summed E-state index contributed by atoms with van der Waals surface area (Å²) in [6, 6.07) is 10.7. The van der Waals surface area contributed by atoms with Gasteiger partial charge in [0, 0.05) is 7.05 Å². The Balaban J connectivity index is 0.00000380. The van der Waals surface area contributed by atoms with Crippen molar-refractivity contribution in [2.45, 2.75) is 50.5 Å². The Hall–Kier alpha value is -2.41. The molecule has 0 saturated carbocycles. The van der Waals surface area contributed by atoms with Crippen LogP contribution in [0.3, 0.4) is 0 Å². The molecule has 1 fully saturated rings. The van der Waals surface area contributed by atoms with E-state index in [9.17, 15) is 26.3 Å². The van der Waals surface area contributed by atoms with Crippen LogP contribution >= 0.6 is 24.6 Å². The Morgan fingerprint density at radius 1 is 1.03 bits per heavy atom. The van der Waals surface area contributed by atoms with Gasteiger partial charge in [-0.05, 0) is 60.9 Å². The molecular formula is C24H25ClF6N4OS. The minimum atomic E-state index is -4.91. The van der Waals surface area contributed by atoms with Gasteiger partial charge in [0.15, 0.2) is 4.77 Å². The maximum atomic E-state index is 13.3. The lowest BCUT2D eigenvalue weighted by atomic mass is 9.92. The van der Waals surface area contributed by atoms with Crippen LogP contribution in [0.5, 0.6) is 0 Å². The Kier molecular flexibility index (Phi) is 9.10. The van der Waals surface area contributed by atoms with Gasteiger partial charge in [-0.2, -0.15) is 31.4 Å². The number of aromatic nitrogens is 3. The maximum absolute atomic E-state index is 13.3. The molecule has 202 valence electrons. The highest BCUT2D eigenvalue weighted by Gasteiger charge is 2.38. The van der Waals surface area contributed by atoms with E-state index in [1.54, 1.807) is 11.6 Å². The molecular weight excluding hydrogens is 542 g/mol. The fourth-order valence-electron chi connectivity index (χ4n) is 4.46. The third kappa shape index (κ3) is 6.92. The van der Waals surface area contributed by atoms with Crippen LogP contribution in [0.4, 0.5) is 26.3 Å². The second-order valence-electron chi connectivity index (χ2n) is 8.74. The fraction of sp³-hybridized carbons (Fsp3) is 0.417. The van der Waals surface area contributed by atoms with Crippen LogP contribution in [-0.4, -0.2) is 32.3 Å². The van der Waals surface area contributed by atoms with Gasteiger partial charge >= 0.3 is 12.4 Å². The second-order valence-corrected chi connectivity index (χ2v) is 9.12. The van der Waals surface area contributed by atoms with E-state index >= 15 is 0 Å². The third-order valence-electron chi connectivity index (χ3n) is 6.25. The van der Waals surface area contributed by atoms with E-state index in [0.717, 1.165) is 12.0 Å². The molecule has 37 heavy (non-hydrogen) atoms. The molecule has 0 radical (unpaired) electrons. The van der Waals surface area contributed by atoms with Crippen LogP contribution in [0.25, 0.3) is 0 Å². The van der Waals surface area contributed by atoms with Gasteiger partial charge in [-0.3, -0.25) is 10.00 Å². The zero-order valence-electron chi connectivity index (χ0n) is 19.6. The van der Waals surface area contributed by atoms with Crippen molar-refractivity contribution in [2.24, 2.45) is 7.05 Å². The first kappa shape index (κ1) is 29.2. The minimum absolute atomic E-state index is 0. The lowest BCUT2D eigenvalue weighted by molar-refractivity contribution is -0.143. The van der Waals surface area contributed by atoms with E-state index in [4.69, 9.17) is 17.0 Å². The number of hydrogen-bond donors (Lipinski definition) is 1. The number of H-pyrrole nitrogens is 1. The van der Waals surface area contributed by atoms with Crippen LogP contribution in [0, 0.1) is 4.77 Å². The summed E-state index contributed by atoms with van der Waals surface area (Å²) >= 11 is 5.20. The molecule has 0 amide bonds. The molecule has 1 saturated heterocycles. The van der Waals surface area contributed by atoms with Gasteiger partial charge in [-0.25, -0.2) is 0 Å². The van der Waals surface area contributed by atoms with E-state index in [1.165, 1.54) is 0 Å². The lowest BCUT2D eigenvalue weighted by Crippen LogP contribution is -2.43. The topological polar surface area (TPSA) is 46.1 Å². The van der Waals surface area contributed by atoms with Crippen LogP contribution in [0.15, 0.2) is 48.5 Å². The molecule has 1 aliphatic rings. The number of nitrogens with one attached hydrogen (secondary N) is 1. The number of rotatable bonds is 6. The van der Waals surface area contributed by atoms with Crippen molar-refractivity contribution < 1.29 is 31.1 Å². The molecule has 1 aliphatic heterocycles. The summed E-state index contributed by atoms with van der Waals surface area (Å²) in [5, 5.41) is 7.02. The number of likely N-dealkylation sites (tertiary alicyclic amines) is 1. The minimum Gasteiger partial charge on any atom is -0.372 e. The highest BCUT2D eigenvalue weighted by molar-refractivity contribution is 7.71. The molecule has 4 rings (SSSR count). The van der Waals surface area contributed by atoms with Crippen LogP contribution < -0.4 is 0 Å². The molecule has 13 heteroatoms. The summed E-state index contributed by atoms with van der Waals surface area (Å²) in [5.41, 5.74) is -1.97. The molecule has 2 atom stereocenters. The van der Waals surface area contributed by atoms with Crippen LogP contribution in [-0.2, 0) is 37.3 Å². The number of hydrogen-bond acceptors (Lipinski definition) is 4. The monoisotopic (exact) mass is 566 g/mol. The van der Waals surface area contributed by atoms with Crippen molar-refractivity contribution >= 4 is 24.6 Å². The van der Waals surface area contributed by atoms with Crippen molar-refractivity contribution in [1.82, 2.24) is 19.7 Å². The molecule has 2 aromatic carbocycles. The number of benzene rings is 2. The number of nitrogens with zero attached hydrogens (tertiary/aromatic N) is 3. The van der Waals surface area contributed by atoms with Gasteiger partial charge in [0.2, 0.25) is 0 Å². The average Bonchev–Trinajstić information content (AvgIpc) is 3.14. The molecule has 2 heterocycles. The zero-order chi connectivity index (χ0) is 26.1. The number of ether oxygens (including phenoxy) is 1. The number of piperidine rings is 1. The Labute approximate surface area is 220 Å². The molecule has 2 unspecified atom stereocenters. The van der Waals surface area contributed by atoms with Crippen molar-refractivity contribution in [3.63, 3.8) is 0 Å². The Bertz CT molecular complexity index is 1210. The lowest BCUT2D eigenvalue weighted by Gasteiger charge is -2.41. The van der Waals surface area contributed by atoms with Crippen molar-refractivity contribution in [3.05, 3.63) is 81.4 Å². The smallest absolute Gasteiger partial charge is 0.372 e. The molecule has 3 aromatic rings. The molecule has 1 aromatic heterocycles. The largest absolute Gasteiger partial charge is 0.416 e. The first-order valence-electron chi connectivity index (χ1n) is 11.2. The average molecular weight is 567 g/mol. The van der Waals surface area contributed by atoms with E-state index in [1.807, 2.05) is 30.3 Å². The fourth-order valence-corrected chi connectivity index (χ4v) is 4.61. The maximum Gasteiger partial charge on any atom is 0.416 e. The standard InChI is InChI=1S/C24H24F6N4OS.ClH/c1-33-20(31-32-22(33)36)13-34-9-5-8-19(21(34)16-6-3-2-4-7-16)35-14-15-10-17(23(25,26)27)12-18(11-15)24(28,29)30;/h2-4,6-7,10-12,19,21H,5,8-9,13-14H2,1H3,(H,32,36);1H. The zero-order valence-corrected chi connectivity index (χ0v) is 21.3. The van der Waals surface area contributed by atoms with Gasteiger partial charge in [-0.1, -0.05) is 30.3 Å². The van der Waals surface area contributed by atoms with Gasteiger partial charge in [-0.15, -0.1) is 12.4 Å². The van der Waals surface area contributed by atoms with E-state index in [-0.39, 0.29) is 36.7 Å². The van der Waals surface area contributed by atoms with Crippen molar-refractivity contribution in [3.8, 4) is 0 Å². The molecule has 1 N–H and O–H groups in total. The molecule has 5 nitrogen and oxygen atoms in total. The van der Waals surface area contributed by atoms with Gasteiger partial charge in [0.05, 0.1) is 36.4 Å². The number of alkyl halides is 6. The normalized spacial score (nSPS) is 19.0. The second kappa shape index (κ2) is 11.5. The molecule has 0 bridgehead atoms. The van der Waals surface area contributed by atoms with Crippen molar-refractivity contribution in [2.75, 3.05) is 6.54 Å². The van der Waals surface area contributed by atoms with Crippen LogP contribution in [0.2, 0.25) is 0 Å². The Morgan fingerprint density at radius 3 is 2.19 bits per heavy atom. The summed E-state index contributed by atoms with van der Waals surface area (Å²) in [4.78, 5) is 2.14. The predicted octanol–water partition coefficient (Wildman–Crippen LogP) is 6.86. The SMILES string of the molecule is Cl.Cn1c(CN2CCCC(OCc3cc(C(F)(F)F)cc(C(F)(F)F)c3)C2c2ccccc2)n[nH]c1=S. The summed E-state index contributed by atoms with van der Waals surface area (Å²) in [6.45, 7) is 0.757. The molecule has 0 spiro atoms. The van der Waals surface area contributed by atoms with E-state index in [0.29, 0.717) is 42.2 Å². The van der Waals surface area contributed by atoms with E-state index in [2.05, 4.69) is 15.1 Å². The highest BCUT2D eigenvalue weighted by Crippen LogP contribution is 2.38. The Morgan fingerprint density at radius 2 is 1.65 bits per heavy atom. The third-order valence-corrected chi connectivity index (χ3v) is 6.61. The summed E-state index contributed by atoms with van der Waals surface area (Å²) < 4.78 is 87.9. The van der Waals surface area contributed by atoms with Crippen molar-refractivity contribution in [1.29, 1.82) is 0 Å². The summed E-state index contributed by atoms with van der Waals surface area (Å²) in [6.07, 6.45) is -8.95. The van der Waals surface area contributed by atoms with Gasteiger partial charge < -0.3 is 9.30 Å². The molecule has 0 aliphatic carbocycles. The quantitative estimate of drug-likeness (QED) is 0.262. The van der Waals surface area contributed by atoms with Gasteiger partial charge in [0.25, 0.3) is 0 Å². The predicted molar refractivity (Wildman–Crippen MR) is 129 cm³/mol. The summed E-state index contributed by atoms with van der Waals surface area (Å²) in [7, 11) is 1.79. The van der Waals surface area contributed by atoms with E-state index < -0.39 is 29.6 Å². The first-order chi connectivity index (χ1) is 16.9. The highest BCUT2D eigenvalue weighted by atomic mass is 35.5. The van der Waals surface area contributed by atoms with Gasteiger partial charge in [0.1, 0.15) is 5.82 Å². The first-order valence-corrected chi connectivity index (χ1v) is 11.6. The summed E-state index contributed by atoms with van der Waals surface area (Å²) in [5.74, 6) is 0.703. The number of halogens is 7.